The van der Waals surface area contributed by atoms with Crippen LogP contribution in [0.3, 0.4) is 0 Å². The second-order valence-electron chi connectivity index (χ2n) is 5.71. The van der Waals surface area contributed by atoms with E-state index in [2.05, 4.69) is 47.7 Å². The number of benzene rings is 2. The van der Waals surface area contributed by atoms with Crippen LogP contribution in [0.4, 0.5) is 0 Å². The average molecular weight is 428 g/mol. The summed E-state index contributed by atoms with van der Waals surface area (Å²) in [6, 6.07) is 16.0. The summed E-state index contributed by atoms with van der Waals surface area (Å²) in [4.78, 5) is 12.1. The van der Waals surface area contributed by atoms with Gasteiger partial charge in [-0.1, -0.05) is 35.9 Å². The molecule has 2 heterocycles. The fraction of sp³-hybridized carbons (Fsp3) is 0.0500. The van der Waals surface area contributed by atoms with Crippen molar-refractivity contribution in [3.8, 4) is 0 Å². The molecule has 0 N–H and O–H groups in total. The third kappa shape index (κ3) is 2.89. The number of fused-ring (bicyclic) bond motifs is 1. The zero-order valence-corrected chi connectivity index (χ0v) is 15.0. The largest absolute Gasteiger partial charge is 0.451 e. The van der Waals surface area contributed by atoms with E-state index in [1.807, 2.05) is 30.3 Å². The fourth-order valence-corrected chi connectivity index (χ4v) is 3.14. The quantitative estimate of drug-likeness (QED) is 0.315. The Kier molecular flexibility index (Phi) is 3.76. The molecule has 3 nitrogen and oxygen atoms in total. The van der Waals surface area contributed by atoms with Crippen LogP contribution in [-0.4, -0.2) is 5.97 Å². The van der Waals surface area contributed by atoms with Crippen LogP contribution in [0.2, 0.25) is 0 Å². The van der Waals surface area contributed by atoms with Gasteiger partial charge in [0.1, 0.15) is 11.5 Å². The van der Waals surface area contributed by atoms with Crippen LogP contribution in [-0.2, 0) is 9.53 Å². The van der Waals surface area contributed by atoms with E-state index in [0.717, 1.165) is 14.7 Å². The van der Waals surface area contributed by atoms with Crippen molar-refractivity contribution in [1.82, 2.24) is 0 Å². The van der Waals surface area contributed by atoms with Gasteiger partial charge in [-0.25, -0.2) is 4.79 Å². The fourth-order valence-electron chi connectivity index (χ4n) is 2.71. The minimum atomic E-state index is -0.361. The summed E-state index contributed by atoms with van der Waals surface area (Å²) in [6.45, 7) is 2.07. The SMILES string of the molecule is Cc1ccc2cc(C3=C/C(=C/c4ccc(I)o4)C(=O)O3)ccc2c1. The standard InChI is InChI=1S/C20H13IO3/c1-12-2-3-14-9-15(5-4-13(14)8-12)18-11-16(20(22)24-18)10-17-6-7-19(21)23-17/h2-11H,1H3/b16-10-. The molecule has 4 rings (SSSR count). The summed E-state index contributed by atoms with van der Waals surface area (Å²) in [5.74, 6) is 0.841. The number of carbonyl (C=O) groups excluding carboxylic acids is 1. The van der Waals surface area contributed by atoms with Crippen molar-refractivity contribution < 1.29 is 13.9 Å². The molecular weight excluding hydrogens is 415 g/mol. The topological polar surface area (TPSA) is 39.4 Å². The second-order valence-corrected chi connectivity index (χ2v) is 6.77. The lowest BCUT2D eigenvalue weighted by Crippen LogP contribution is -1.97. The van der Waals surface area contributed by atoms with Gasteiger partial charge in [-0.15, -0.1) is 0 Å². The van der Waals surface area contributed by atoms with Gasteiger partial charge < -0.3 is 9.15 Å². The Hall–Kier alpha value is -2.34. The number of hydrogen-bond acceptors (Lipinski definition) is 3. The predicted molar refractivity (Wildman–Crippen MR) is 102 cm³/mol. The third-order valence-electron chi connectivity index (χ3n) is 3.90. The highest BCUT2D eigenvalue weighted by Crippen LogP contribution is 2.30. The van der Waals surface area contributed by atoms with Gasteiger partial charge in [0.05, 0.1) is 5.57 Å². The second kappa shape index (κ2) is 5.94. The number of ether oxygens (including phenoxy) is 1. The number of furan rings is 1. The maximum Gasteiger partial charge on any atom is 0.343 e. The van der Waals surface area contributed by atoms with Crippen LogP contribution < -0.4 is 0 Å². The van der Waals surface area contributed by atoms with Crippen LogP contribution in [0, 0.1) is 10.7 Å². The molecule has 1 aliphatic rings. The van der Waals surface area contributed by atoms with Crippen molar-refractivity contribution in [1.29, 1.82) is 0 Å². The normalized spacial score (nSPS) is 15.8. The molecule has 0 unspecified atom stereocenters. The number of aryl methyl sites for hydroxylation is 1. The van der Waals surface area contributed by atoms with E-state index in [9.17, 15) is 4.79 Å². The van der Waals surface area contributed by atoms with Crippen molar-refractivity contribution in [3.05, 3.63) is 80.8 Å². The van der Waals surface area contributed by atoms with E-state index < -0.39 is 0 Å². The Balaban J connectivity index is 1.71. The van der Waals surface area contributed by atoms with Crippen LogP contribution >= 0.6 is 22.6 Å². The molecule has 1 aromatic heterocycles. The zero-order valence-electron chi connectivity index (χ0n) is 12.9. The molecule has 4 heteroatoms. The molecule has 0 aliphatic carbocycles. The number of hydrogen-bond donors (Lipinski definition) is 0. The summed E-state index contributed by atoms with van der Waals surface area (Å²) in [6.07, 6.45) is 3.45. The van der Waals surface area contributed by atoms with E-state index in [4.69, 9.17) is 9.15 Å². The lowest BCUT2D eigenvalue weighted by molar-refractivity contribution is -0.130. The minimum Gasteiger partial charge on any atom is -0.451 e. The highest BCUT2D eigenvalue weighted by Gasteiger charge is 2.22. The van der Waals surface area contributed by atoms with E-state index in [1.165, 1.54) is 10.9 Å². The Labute approximate surface area is 152 Å². The first-order valence-corrected chi connectivity index (χ1v) is 8.58. The highest BCUT2D eigenvalue weighted by molar-refractivity contribution is 14.1. The van der Waals surface area contributed by atoms with Gasteiger partial charge in [0.2, 0.25) is 0 Å². The molecule has 0 amide bonds. The van der Waals surface area contributed by atoms with Crippen LogP contribution in [0.15, 0.2) is 64.6 Å². The number of carbonyl (C=O) groups is 1. The van der Waals surface area contributed by atoms with Gasteiger partial charge in [0.15, 0.2) is 3.77 Å². The molecule has 24 heavy (non-hydrogen) atoms. The van der Waals surface area contributed by atoms with Crippen LogP contribution in [0.1, 0.15) is 16.9 Å². The maximum atomic E-state index is 12.1. The average Bonchev–Trinajstić information content (AvgIpc) is 3.13. The van der Waals surface area contributed by atoms with Gasteiger partial charge in [-0.2, -0.15) is 0 Å². The molecule has 0 radical (unpaired) electrons. The van der Waals surface area contributed by atoms with Crippen LogP contribution in [0.25, 0.3) is 22.6 Å². The number of esters is 1. The molecule has 3 aromatic rings. The van der Waals surface area contributed by atoms with Crippen molar-refractivity contribution >= 4 is 51.2 Å². The van der Waals surface area contributed by atoms with E-state index in [-0.39, 0.29) is 5.97 Å². The molecule has 1 aliphatic heterocycles. The van der Waals surface area contributed by atoms with E-state index in [1.54, 1.807) is 12.2 Å². The number of rotatable bonds is 2. The number of cyclic esters (lactones) is 1. The summed E-state index contributed by atoms with van der Waals surface area (Å²) >= 11 is 2.09. The zero-order chi connectivity index (χ0) is 16.7. The molecular formula is C20H13IO3. The third-order valence-corrected chi connectivity index (χ3v) is 4.48. The maximum absolute atomic E-state index is 12.1. The summed E-state index contributed by atoms with van der Waals surface area (Å²) in [7, 11) is 0. The van der Waals surface area contributed by atoms with Crippen LogP contribution in [0.5, 0.6) is 0 Å². The molecule has 0 spiro atoms. The van der Waals surface area contributed by atoms with E-state index >= 15 is 0 Å². The van der Waals surface area contributed by atoms with E-state index in [0.29, 0.717) is 17.1 Å². The lowest BCUT2D eigenvalue weighted by atomic mass is 10.0. The molecule has 0 bridgehead atoms. The highest BCUT2D eigenvalue weighted by atomic mass is 127. The summed E-state index contributed by atoms with van der Waals surface area (Å²) in [5.41, 5.74) is 2.59. The summed E-state index contributed by atoms with van der Waals surface area (Å²) < 4.78 is 11.7. The molecule has 0 saturated heterocycles. The van der Waals surface area contributed by atoms with Crippen molar-refractivity contribution in [3.63, 3.8) is 0 Å². The molecule has 0 fully saturated rings. The minimum absolute atomic E-state index is 0.361. The molecule has 0 saturated carbocycles. The Morgan fingerprint density at radius 1 is 1.00 bits per heavy atom. The molecule has 118 valence electrons. The first kappa shape index (κ1) is 15.2. The van der Waals surface area contributed by atoms with Gasteiger partial charge >= 0.3 is 5.97 Å². The Bertz CT molecular complexity index is 1020. The van der Waals surface area contributed by atoms with Gasteiger partial charge in [-0.3, -0.25) is 0 Å². The summed E-state index contributed by atoms with van der Waals surface area (Å²) in [5, 5.41) is 2.29. The Morgan fingerprint density at radius 3 is 2.58 bits per heavy atom. The lowest BCUT2D eigenvalue weighted by Gasteiger charge is -2.05. The predicted octanol–water partition coefficient (Wildman–Crippen LogP) is 5.33. The number of halogens is 1. The monoisotopic (exact) mass is 428 g/mol. The molecule has 0 atom stereocenters. The first-order valence-electron chi connectivity index (χ1n) is 7.50. The van der Waals surface area contributed by atoms with Gasteiger partial charge in [0, 0.05) is 5.56 Å². The van der Waals surface area contributed by atoms with Crippen molar-refractivity contribution in [2.45, 2.75) is 6.92 Å². The van der Waals surface area contributed by atoms with Crippen molar-refractivity contribution in [2.24, 2.45) is 0 Å². The Morgan fingerprint density at radius 2 is 1.79 bits per heavy atom. The van der Waals surface area contributed by atoms with Crippen molar-refractivity contribution in [2.75, 3.05) is 0 Å². The van der Waals surface area contributed by atoms with Gasteiger partial charge in [-0.05, 0) is 70.6 Å². The molecule has 2 aromatic carbocycles. The smallest absolute Gasteiger partial charge is 0.343 e. The van der Waals surface area contributed by atoms with Gasteiger partial charge in [0.25, 0.3) is 0 Å². The first-order chi connectivity index (χ1) is 11.6.